The number of piperidine rings is 1. The van der Waals surface area contributed by atoms with Gasteiger partial charge in [0.05, 0.1) is 11.5 Å². The molecule has 1 saturated heterocycles. The highest BCUT2D eigenvalue weighted by Crippen LogP contribution is 2.38. The third kappa shape index (κ3) is 5.26. The minimum absolute atomic E-state index is 0.108. The van der Waals surface area contributed by atoms with Crippen molar-refractivity contribution in [3.05, 3.63) is 63.0 Å². The van der Waals surface area contributed by atoms with Gasteiger partial charge in [-0.3, -0.25) is 15.0 Å². The molecule has 1 aromatic carbocycles. The van der Waals surface area contributed by atoms with Crippen LogP contribution in [-0.2, 0) is 11.3 Å². The summed E-state index contributed by atoms with van der Waals surface area (Å²) in [7, 11) is 0. The SMILES string of the molecule is Cc1nc(C)c([N+](=O)[O-])c(N(Cc2ccc(C3=CN4CCC3CC4)cc2F)C(=O)OC(C)(C)C)n1. The number of fused-ring (bicyclic) bond motifs is 2. The highest BCUT2D eigenvalue weighted by atomic mass is 19.1. The number of amides is 1. The molecule has 3 aliphatic rings. The maximum absolute atomic E-state index is 15.4. The molecule has 3 aliphatic heterocycles. The fourth-order valence-corrected chi connectivity index (χ4v) is 4.61. The van der Waals surface area contributed by atoms with Crippen LogP contribution in [0.4, 0.5) is 20.7 Å². The van der Waals surface area contributed by atoms with Gasteiger partial charge in [-0.15, -0.1) is 0 Å². The molecule has 2 bridgehead atoms. The number of carbonyl (C=O) groups is 1. The lowest BCUT2D eigenvalue weighted by molar-refractivity contribution is -0.385. The number of ether oxygens (including phenoxy) is 1. The summed E-state index contributed by atoms with van der Waals surface area (Å²) in [5.74, 6) is -0.0590. The number of allylic oxidation sites excluding steroid dienone is 1. The first-order valence-electron chi connectivity index (χ1n) is 11.7. The second-order valence-electron chi connectivity index (χ2n) is 10.1. The van der Waals surface area contributed by atoms with Crippen molar-refractivity contribution in [1.82, 2.24) is 14.9 Å². The van der Waals surface area contributed by atoms with Gasteiger partial charge in [-0.1, -0.05) is 12.1 Å². The van der Waals surface area contributed by atoms with E-state index in [1.54, 1.807) is 33.8 Å². The van der Waals surface area contributed by atoms with Gasteiger partial charge < -0.3 is 9.64 Å². The molecule has 1 aromatic heterocycles. The second-order valence-corrected chi connectivity index (χ2v) is 10.1. The average Bonchev–Trinajstić information content (AvgIpc) is 2.76. The van der Waals surface area contributed by atoms with Crippen LogP contribution >= 0.6 is 0 Å². The summed E-state index contributed by atoms with van der Waals surface area (Å²) in [5.41, 5.74) is 0.946. The Morgan fingerprint density at radius 2 is 1.94 bits per heavy atom. The Hall–Kier alpha value is -3.56. The smallest absolute Gasteiger partial charge is 0.416 e. The summed E-state index contributed by atoms with van der Waals surface area (Å²) in [5, 5.41) is 11.8. The van der Waals surface area contributed by atoms with Gasteiger partial charge in [-0.25, -0.2) is 19.2 Å². The third-order valence-corrected chi connectivity index (χ3v) is 6.21. The van der Waals surface area contributed by atoms with Gasteiger partial charge in [0, 0.05) is 24.9 Å². The number of halogens is 1. The van der Waals surface area contributed by atoms with Crippen LogP contribution in [0.15, 0.2) is 24.4 Å². The number of carbonyl (C=O) groups excluding carboxylic acids is 1. The molecule has 10 heteroatoms. The van der Waals surface area contributed by atoms with Crippen LogP contribution in [-0.4, -0.2) is 44.6 Å². The number of benzene rings is 1. The van der Waals surface area contributed by atoms with E-state index in [1.807, 2.05) is 6.07 Å². The van der Waals surface area contributed by atoms with Crippen LogP contribution in [0.5, 0.6) is 0 Å². The van der Waals surface area contributed by atoms with Crippen molar-refractivity contribution in [3.8, 4) is 0 Å². The summed E-state index contributed by atoms with van der Waals surface area (Å²) < 4.78 is 20.9. The predicted molar refractivity (Wildman–Crippen MR) is 129 cm³/mol. The van der Waals surface area contributed by atoms with Crippen molar-refractivity contribution >= 4 is 23.2 Å². The highest BCUT2D eigenvalue weighted by Gasteiger charge is 2.34. The number of hydrogen-bond donors (Lipinski definition) is 0. The van der Waals surface area contributed by atoms with Gasteiger partial charge in [-0.05, 0) is 70.6 Å². The number of nitro groups is 1. The van der Waals surface area contributed by atoms with Crippen molar-refractivity contribution in [1.29, 1.82) is 0 Å². The van der Waals surface area contributed by atoms with Crippen LogP contribution in [0.3, 0.4) is 0 Å². The molecule has 0 saturated carbocycles. The molecule has 5 rings (SSSR count). The van der Waals surface area contributed by atoms with Gasteiger partial charge in [0.25, 0.3) is 0 Å². The Morgan fingerprint density at radius 3 is 2.49 bits per heavy atom. The maximum atomic E-state index is 15.4. The minimum Gasteiger partial charge on any atom is -0.443 e. The lowest BCUT2D eigenvalue weighted by Crippen LogP contribution is -2.38. The van der Waals surface area contributed by atoms with Gasteiger partial charge in [0.2, 0.25) is 5.82 Å². The molecule has 0 radical (unpaired) electrons. The number of aryl methyl sites for hydroxylation is 2. The topological polar surface area (TPSA) is 102 Å². The Balaban J connectivity index is 1.72. The lowest BCUT2D eigenvalue weighted by atomic mass is 9.82. The number of anilines is 1. The van der Waals surface area contributed by atoms with Gasteiger partial charge in [0.15, 0.2) is 0 Å². The van der Waals surface area contributed by atoms with E-state index >= 15 is 4.39 Å². The van der Waals surface area contributed by atoms with Crippen molar-refractivity contribution < 1.29 is 18.8 Å². The molecule has 186 valence electrons. The van der Waals surface area contributed by atoms with E-state index in [0.717, 1.165) is 42.0 Å². The number of aromatic nitrogens is 2. The minimum atomic E-state index is -0.869. The Labute approximate surface area is 203 Å². The number of hydrogen-bond acceptors (Lipinski definition) is 7. The van der Waals surface area contributed by atoms with E-state index in [4.69, 9.17) is 4.74 Å². The molecule has 0 spiro atoms. The summed E-state index contributed by atoms with van der Waals surface area (Å²) >= 11 is 0. The fraction of sp³-hybridized carbons (Fsp3) is 0.480. The molecular weight excluding hydrogens is 453 g/mol. The first kappa shape index (κ1) is 24.6. The lowest BCUT2D eigenvalue weighted by Gasteiger charge is -2.39. The van der Waals surface area contributed by atoms with Crippen molar-refractivity contribution in [2.45, 2.75) is 59.6 Å². The zero-order valence-electron chi connectivity index (χ0n) is 20.7. The molecule has 0 aliphatic carbocycles. The largest absolute Gasteiger partial charge is 0.443 e. The van der Waals surface area contributed by atoms with E-state index in [1.165, 1.54) is 13.0 Å². The van der Waals surface area contributed by atoms with E-state index in [2.05, 4.69) is 21.1 Å². The molecule has 0 unspecified atom stereocenters. The third-order valence-electron chi connectivity index (χ3n) is 6.21. The van der Waals surface area contributed by atoms with Gasteiger partial charge in [0.1, 0.15) is 22.9 Å². The summed E-state index contributed by atoms with van der Waals surface area (Å²) in [6.07, 6.45) is 3.35. The monoisotopic (exact) mass is 483 g/mol. The first-order valence-corrected chi connectivity index (χ1v) is 11.7. The Kier molecular flexibility index (Phi) is 6.48. The average molecular weight is 484 g/mol. The standard InChI is InChI=1S/C25H30FN5O4/c1-15-22(31(33)34)23(28-16(2)27-15)30(24(32)35-25(3,4)5)13-19-7-6-18(12-21(19)26)20-14-29-10-8-17(20)9-11-29/h6-7,12,14,17H,8-11,13H2,1-5H3. The van der Waals surface area contributed by atoms with Crippen molar-refractivity contribution in [2.75, 3.05) is 18.0 Å². The Bertz CT molecular complexity index is 1200. The number of rotatable bonds is 5. The second kappa shape index (κ2) is 9.24. The summed E-state index contributed by atoms with van der Waals surface area (Å²) in [6, 6.07) is 4.93. The highest BCUT2D eigenvalue weighted by molar-refractivity contribution is 5.89. The van der Waals surface area contributed by atoms with E-state index < -0.39 is 28.1 Å². The van der Waals surface area contributed by atoms with Gasteiger partial charge in [-0.2, -0.15) is 0 Å². The van der Waals surface area contributed by atoms with Crippen molar-refractivity contribution in [3.63, 3.8) is 0 Å². The molecule has 4 heterocycles. The van der Waals surface area contributed by atoms with E-state index in [0.29, 0.717) is 5.92 Å². The maximum Gasteiger partial charge on any atom is 0.416 e. The van der Waals surface area contributed by atoms with Crippen LogP contribution in [0.25, 0.3) is 5.57 Å². The molecule has 0 N–H and O–H groups in total. The molecule has 2 aromatic rings. The Morgan fingerprint density at radius 1 is 1.26 bits per heavy atom. The molecule has 1 amide bonds. The molecule has 0 atom stereocenters. The van der Waals surface area contributed by atoms with Crippen LogP contribution in [0.1, 0.15) is 56.3 Å². The molecule has 35 heavy (non-hydrogen) atoms. The predicted octanol–water partition coefficient (Wildman–Crippen LogP) is 5.15. The zero-order chi connectivity index (χ0) is 25.5. The van der Waals surface area contributed by atoms with E-state index in [9.17, 15) is 14.9 Å². The van der Waals surface area contributed by atoms with Crippen LogP contribution in [0, 0.1) is 35.7 Å². The van der Waals surface area contributed by atoms with E-state index in [-0.39, 0.29) is 29.4 Å². The molecule has 1 fully saturated rings. The fourth-order valence-electron chi connectivity index (χ4n) is 4.61. The van der Waals surface area contributed by atoms with Crippen LogP contribution < -0.4 is 4.90 Å². The zero-order valence-corrected chi connectivity index (χ0v) is 20.7. The van der Waals surface area contributed by atoms with Crippen molar-refractivity contribution in [2.24, 2.45) is 5.92 Å². The summed E-state index contributed by atoms with van der Waals surface area (Å²) in [6.45, 7) is 9.87. The summed E-state index contributed by atoms with van der Waals surface area (Å²) in [4.78, 5) is 35.9. The molecule has 9 nitrogen and oxygen atoms in total. The van der Waals surface area contributed by atoms with Crippen LogP contribution in [0.2, 0.25) is 0 Å². The van der Waals surface area contributed by atoms with Gasteiger partial charge >= 0.3 is 11.8 Å². The molecular formula is C25H30FN5O4. The first-order chi connectivity index (χ1) is 16.4. The number of nitrogens with zero attached hydrogens (tertiary/aromatic N) is 5. The quantitative estimate of drug-likeness (QED) is 0.428. The normalized spacial score (nSPS) is 15.7.